The maximum atomic E-state index is 11.7. The molecule has 2 aromatic rings. The molecule has 2 rings (SSSR count). The van der Waals surface area contributed by atoms with Crippen LogP contribution in [0.1, 0.15) is 20.3 Å². The molecule has 0 aliphatic rings. The number of esters is 1. The SMILES string of the molecule is CC[C@H](C)NC(=O)COC(=O)CSc1ccc2ccccc2c1. The van der Waals surface area contributed by atoms with Crippen molar-refractivity contribution in [3.63, 3.8) is 0 Å². The normalized spacial score (nSPS) is 11.9. The van der Waals surface area contributed by atoms with E-state index in [2.05, 4.69) is 5.32 Å². The van der Waals surface area contributed by atoms with Gasteiger partial charge >= 0.3 is 5.97 Å². The number of hydrogen-bond acceptors (Lipinski definition) is 4. The lowest BCUT2D eigenvalue weighted by molar-refractivity contribution is -0.146. The van der Waals surface area contributed by atoms with Crippen LogP contribution in [0, 0.1) is 0 Å². The molecule has 0 radical (unpaired) electrons. The molecule has 4 nitrogen and oxygen atoms in total. The number of hydrogen-bond donors (Lipinski definition) is 1. The summed E-state index contributed by atoms with van der Waals surface area (Å²) in [5.41, 5.74) is 0. The average molecular weight is 331 g/mol. The summed E-state index contributed by atoms with van der Waals surface area (Å²) in [5, 5.41) is 5.06. The van der Waals surface area contributed by atoms with Gasteiger partial charge in [0.2, 0.25) is 0 Å². The Balaban J connectivity index is 1.78. The van der Waals surface area contributed by atoms with E-state index in [1.165, 1.54) is 17.1 Å². The number of carbonyl (C=O) groups is 2. The molecule has 1 amide bonds. The molecule has 0 aliphatic carbocycles. The van der Waals surface area contributed by atoms with Crippen LogP contribution in [0.4, 0.5) is 0 Å². The molecular formula is C18H21NO3S. The summed E-state index contributed by atoms with van der Waals surface area (Å²) < 4.78 is 4.99. The average Bonchev–Trinajstić information content (AvgIpc) is 2.57. The molecule has 2 aromatic carbocycles. The van der Waals surface area contributed by atoms with E-state index in [4.69, 9.17) is 4.74 Å². The maximum absolute atomic E-state index is 11.7. The van der Waals surface area contributed by atoms with Crippen LogP contribution in [-0.4, -0.2) is 30.3 Å². The van der Waals surface area contributed by atoms with Gasteiger partial charge in [0.05, 0.1) is 5.75 Å². The second-order valence-electron chi connectivity index (χ2n) is 5.34. The van der Waals surface area contributed by atoms with Crippen LogP contribution < -0.4 is 5.32 Å². The Labute approximate surface area is 140 Å². The van der Waals surface area contributed by atoms with E-state index >= 15 is 0 Å². The van der Waals surface area contributed by atoms with E-state index in [0.717, 1.165) is 16.7 Å². The lowest BCUT2D eigenvalue weighted by atomic mass is 10.1. The summed E-state index contributed by atoms with van der Waals surface area (Å²) in [7, 11) is 0. The maximum Gasteiger partial charge on any atom is 0.316 e. The summed E-state index contributed by atoms with van der Waals surface area (Å²) in [5.74, 6) is -0.458. The van der Waals surface area contributed by atoms with E-state index in [9.17, 15) is 9.59 Å². The van der Waals surface area contributed by atoms with E-state index in [-0.39, 0.29) is 30.3 Å². The van der Waals surface area contributed by atoms with E-state index in [0.29, 0.717) is 0 Å². The molecule has 0 bridgehead atoms. The quantitative estimate of drug-likeness (QED) is 0.624. The third-order valence-corrected chi connectivity index (χ3v) is 4.43. The van der Waals surface area contributed by atoms with Crippen molar-refractivity contribution in [3.8, 4) is 0 Å². The number of nitrogens with one attached hydrogen (secondary N) is 1. The van der Waals surface area contributed by atoms with Crippen molar-refractivity contribution in [1.29, 1.82) is 0 Å². The zero-order valence-corrected chi connectivity index (χ0v) is 14.2. The number of benzene rings is 2. The lowest BCUT2D eigenvalue weighted by Gasteiger charge is -2.11. The molecule has 0 aromatic heterocycles. The molecule has 1 atom stereocenters. The van der Waals surface area contributed by atoms with Crippen LogP contribution in [0.2, 0.25) is 0 Å². The number of ether oxygens (including phenoxy) is 1. The van der Waals surface area contributed by atoms with E-state index < -0.39 is 0 Å². The smallest absolute Gasteiger partial charge is 0.316 e. The standard InChI is InChI=1S/C18H21NO3S/c1-3-13(2)19-17(20)11-22-18(21)12-23-16-9-8-14-6-4-5-7-15(14)10-16/h4-10,13H,3,11-12H2,1-2H3,(H,19,20)/t13-/m0/s1. The van der Waals surface area contributed by atoms with Crippen molar-refractivity contribution in [2.45, 2.75) is 31.2 Å². The molecule has 1 N–H and O–H groups in total. The van der Waals surface area contributed by atoms with Crippen molar-refractivity contribution in [3.05, 3.63) is 42.5 Å². The number of amides is 1. The first kappa shape index (κ1) is 17.3. The predicted octanol–water partition coefficient (Wildman–Crippen LogP) is 3.39. The molecule has 0 unspecified atom stereocenters. The van der Waals surface area contributed by atoms with Crippen LogP contribution >= 0.6 is 11.8 Å². The molecule has 23 heavy (non-hydrogen) atoms. The Kier molecular flexibility index (Phi) is 6.47. The van der Waals surface area contributed by atoms with Crippen LogP contribution in [-0.2, 0) is 14.3 Å². The summed E-state index contributed by atoms with van der Waals surface area (Å²) >= 11 is 1.41. The van der Waals surface area contributed by atoms with Crippen LogP contribution in [0.25, 0.3) is 10.8 Å². The Morgan fingerprint density at radius 2 is 1.91 bits per heavy atom. The zero-order chi connectivity index (χ0) is 16.7. The molecule has 5 heteroatoms. The molecule has 0 heterocycles. The van der Waals surface area contributed by atoms with Gasteiger partial charge in [0, 0.05) is 10.9 Å². The van der Waals surface area contributed by atoms with Crippen LogP contribution in [0.15, 0.2) is 47.4 Å². The Morgan fingerprint density at radius 3 is 2.65 bits per heavy atom. The van der Waals surface area contributed by atoms with Gasteiger partial charge < -0.3 is 10.1 Å². The highest BCUT2D eigenvalue weighted by molar-refractivity contribution is 8.00. The topological polar surface area (TPSA) is 55.4 Å². The number of carbonyl (C=O) groups excluding carboxylic acids is 2. The highest BCUT2D eigenvalue weighted by atomic mass is 32.2. The minimum atomic E-state index is -0.387. The minimum absolute atomic E-state index is 0.0909. The van der Waals surface area contributed by atoms with Gasteiger partial charge in [0.25, 0.3) is 5.91 Å². The number of fused-ring (bicyclic) bond motifs is 1. The van der Waals surface area contributed by atoms with Gasteiger partial charge in [0.15, 0.2) is 6.61 Å². The van der Waals surface area contributed by atoms with Gasteiger partial charge in [0.1, 0.15) is 0 Å². The Hall–Kier alpha value is -2.01. The second-order valence-corrected chi connectivity index (χ2v) is 6.38. The Bertz CT molecular complexity index is 687. The zero-order valence-electron chi connectivity index (χ0n) is 13.4. The largest absolute Gasteiger partial charge is 0.455 e. The predicted molar refractivity (Wildman–Crippen MR) is 93.5 cm³/mol. The first-order valence-corrected chi connectivity index (χ1v) is 8.63. The van der Waals surface area contributed by atoms with Crippen molar-refractivity contribution >= 4 is 34.4 Å². The third kappa shape index (κ3) is 5.60. The Morgan fingerprint density at radius 1 is 1.17 bits per heavy atom. The molecular weight excluding hydrogens is 310 g/mol. The highest BCUT2D eigenvalue weighted by Crippen LogP contribution is 2.23. The van der Waals surface area contributed by atoms with E-state index in [1.54, 1.807) is 0 Å². The van der Waals surface area contributed by atoms with Gasteiger partial charge in [-0.05, 0) is 36.2 Å². The molecule has 0 spiro atoms. The van der Waals surface area contributed by atoms with Crippen molar-refractivity contribution in [2.75, 3.05) is 12.4 Å². The van der Waals surface area contributed by atoms with Crippen molar-refractivity contribution < 1.29 is 14.3 Å². The van der Waals surface area contributed by atoms with Crippen molar-refractivity contribution in [2.24, 2.45) is 0 Å². The summed E-state index contributed by atoms with van der Waals surface area (Å²) in [6, 6.07) is 14.2. The van der Waals surface area contributed by atoms with Gasteiger partial charge in [-0.15, -0.1) is 11.8 Å². The lowest BCUT2D eigenvalue weighted by Crippen LogP contribution is -2.35. The van der Waals surface area contributed by atoms with Gasteiger partial charge in [-0.1, -0.05) is 37.3 Å². The van der Waals surface area contributed by atoms with Crippen molar-refractivity contribution in [1.82, 2.24) is 5.32 Å². The third-order valence-electron chi connectivity index (χ3n) is 3.46. The minimum Gasteiger partial charge on any atom is -0.455 e. The second kappa shape index (κ2) is 8.58. The fourth-order valence-corrected chi connectivity index (χ4v) is 2.75. The van der Waals surface area contributed by atoms with Crippen LogP contribution in [0.5, 0.6) is 0 Å². The van der Waals surface area contributed by atoms with E-state index in [1.807, 2.05) is 56.3 Å². The monoisotopic (exact) mass is 331 g/mol. The molecule has 0 saturated heterocycles. The molecule has 0 aliphatic heterocycles. The highest BCUT2D eigenvalue weighted by Gasteiger charge is 2.10. The van der Waals surface area contributed by atoms with Crippen LogP contribution in [0.3, 0.4) is 0 Å². The summed E-state index contributed by atoms with van der Waals surface area (Å²) in [6.07, 6.45) is 0.845. The van der Waals surface area contributed by atoms with Gasteiger partial charge in [-0.2, -0.15) is 0 Å². The fourth-order valence-electron chi connectivity index (χ4n) is 2.01. The summed E-state index contributed by atoms with van der Waals surface area (Å²) in [4.78, 5) is 24.3. The summed E-state index contributed by atoms with van der Waals surface area (Å²) in [6.45, 7) is 3.67. The van der Waals surface area contributed by atoms with Gasteiger partial charge in [-0.3, -0.25) is 9.59 Å². The first-order valence-electron chi connectivity index (χ1n) is 7.65. The molecule has 0 saturated carbocycles. The fraction of sp³-hybridized carbons (Fsp3) is 0.333. The molecule has 0 fully saturated rings. The number of rotatable bonds is 7. The number of thioether (sulfide) groups is 1. The van der Waals surface area contributed by atoms with Gasteiger partial charge in [-0.25, -0.2) is 0 Å². The first-order chi connectivity index (χ1) is 11.1. The molecule has 122 valence electrons.